The third-order valence-electron chi connectivity index (χ3n) is 5.88. The Bertz CT molecular complexity index is 1090. The van der Waals surface area contributed by atoms with Gasteiger partial charge < -0.3 is 24.2 Å². The van der Waals surface area contributed by atoms with Gasteiger partial charge in [0, 0.05) is 62.6 Å². The summed E-state index contributed by atoms with van der Waals surface area (Å²) in [6.45, 7) is 1.85. The number of carbonyl (C=O) groups excluding carboxylic acids is 2. The van der Waals surface area contributed by atoms with Crippen LogP contribution in [0.3, 0.4) is 0 Å². The van der Waals surface area contributed by atoms with Crippen molar-refractivity contribution in [1.29, 1.82) is 0 Å². The Balaban J connectivity index is 1.36. The number of hydrogen-bond donors (Lipinski definition) is 1. The van der Waals surface area contributed by atoms with E-state index < -0.39 is 0 Å². The fraction of sp³-hybridized carbons (Fsp3) is 0.385. The predicted octanol–water partition coefficient (Wildman–Crippen LogP) is 3.12. The molecule has 2 amide bonds. The second-order valence-corrected chi connectivity index (χ2v) is 8.36. The van der Waals surface area contributed by atoms with Crippen LogP contribution in [0.1, 0.15) is 35.4 Å². The number of nitrogens with one attached hydrogen (secondary N) is 1. The van der Waals surface area contributed by atoms with Gasteiger partial charge >= 0.3 is 0 Å². The molecule has 1 N–H and O–H groups in total. The Morgan fingerprint density at radius 3 is 2.77 bits per heavy atom. The van der Waals surface area contributed by atoms with Crippen molar-refractivity contribution in [2.75, 3.05) is 33.4 Å². The van der Waals surface area contributed by atoms with Crippen LogP contribution in [0.4, 0.5) is 0 Å². The first-order valence-electron chi connectivity index (χ1n) is 11.8. The second-order valence-electron chi connectivity index (χ2n) is 8.36. The van der Waals surface area contributed by atoms with Crippen LogP contribution in [0.15, 0.2) is 59.3 Å². The summed E-state index contributed by atoms with van der Waals surface area (Å²) < 4.78 is 16.3. The van der Waals surface area contributed by atoms with Crippen molar-refractivity contribution >= 4 is 11.8 Å². The number of carbonyl (C=O) groups is 2. The topological polar surface area (TPSA) is 107 Å². The standard InChI is InChI=1S/C26H30N4O5/c1-33-21-9-7-19(8-10-21)24-17-23(29-35-24)26(32)30(18-22-6-4-16-34-22)15-12-25(31)28-14-11-20-5-2-3-13-27-20/h2-3,5,7-10,13,17,22H,4,6,11-12,14-16,18H2,1H3,(H,28,31). The minimum Gasteiger partial charge on any atom is -0.497 e. The normalized spacial score (nSPS) is 15.1. The third-order valence-corrected chi connectivity index (χ3v) is 5.88. The van der Waals surface area contributed by atoms with E-state index >= 15 is 0 Å². The highest BCUT2D eigenvalue weighted by Gasteiger charge is 2.26. The Morgan fingerprint density at radius 1 is 1.20 bits per heavy atom. The Kier molecular flexibility index (Phi) is 8.45. The molecule has 0 aliphatic carbocycles. The van der Waals surface area contributed by atoms with Gasteiger partial charge in [0.25, 0.3) is 5.91 Å². The molecule has 0 spiro atoms. The molecule has 1 aromatic carbocycles. The van der Waals surface area contributed by atoms with Crippen LogP contribution in [-0.4, -0.2) is 66.3 Å². The average molecular weight is 479 g/mol. The molecule has 9 heteroatoms. The van der Waals surface area contributed by atoms with Crippen molar-refractivity contribution in [3.05, 3.63) is 66.1 Å². The first kappa shape index (κ1) is 24.4. The van der Waals surface area contributed by atoms with Gasteiger partial charge in [-0.15, -0.1) is 0 Å². The summed E-state index contributed by atoms with van der Waals surface area (Å²) in [5.41, 5.74) is 1.90. The molecule has 3 aromatic rings. The van der Waals surface area contributed by atoms with Crippen LogP contribution in [0.2, 0.25) is 0 Å². The first-order valence-corrected chi connectivity index (χ1v) is 11.8. The van der Waals surface area contributed by atoms with Crippen molar-refractivity contribution in [1.82, 2.24) is 20.4 Å². The molecule has 9 nitrogen and oxygen atoms in total. The zero-order valence-corrected chi connectivity index (χ0v) is 19.8. The molecule has 1 atom stereocenters. The van der Waals surface area contributed by atoms with Crippen molar-refractivity contribution in [2.24, 2.45) is 0 Å². The summed E-state index contributed by atoms with van der Waals surface area (Å²) in [6, 6.07) is 14.6. The number of aromatic nitrogens is 2. The lowest BCUT2D eigenvalue weighted by Crippen LogP contribution is -2.40. The zero-order valence-electron chi connectivity index (χ0n) is 19.8. The quantitative estimate of drug-likeness (QED) is 0.451. The lowest BCUT2D eigenvalue weighted by molar-refractivity contribution is -0.121. The van der Waals surface area contributed by atoms with Crippen LogP contribution in [-0.2, 0) is 16.0 Å². The maximum absolute atomic E-state index is 13.3. The number of rotatable bonds is 11. The van der Waals surface area contributed by atoms with Gasteiger partial charge in [-0.25, -0.2) is 0 Å². The summed E-state index contributed by atoms with van der Waals surface area (Å²) in [5.74, 6) is 0.807. The van der Waals surface area contributed by atoms with Crippen LogP contribution >= 0.6 is 0 Å². The zero-order chi connectivity index (χ0) is 24.5. The molecule has 1 unspecified atom stereocenters. The van der Waals surface area contributed by atoms with Gasteiger partial charge in [-0.05, 0) is 49.2 Å². The molecule has 3 heterocycles. The number of hydrogen-bond acceptors (Lipinski definition) is 7. The molecule has 0 saturated carbocycles. The molecule has 1 fully saturated rings. The maximum Gasteiger partial charge on any atom is 0.276 e. The molecule has 1 saturated heterocycles. The lowest BCUT2D eigenvalue weighted by atomic mass is 10.1. The SMILES string of the molecule is COc1ccc(-c2cc(C(=O)N(CCC(=O)NCCc3ccccn3)CC3CCCO3)no2)cc1. The largest absolute Gasteiger partial charge is 0.497 e. The van der Waals surface area contributed by atoms with Gasteiger partial charge in [-0.3, -0.25) is 14.6 Å². The molecule has 0 radical (unpaired) electrons. The molecular weight excluding hydrogens is 448 g/mol. The van der Waals surface area contributed by atoms with E-state index in [0.717, 1.165) is 29.8 Å². The first-order chi connectivity index (χ1) is 17.1. The molecule has 1 aliphatic rings. The Morgan fingerprint density at radius 2 is 2.06 bits per heavy atom. The maximum atomic E-state index is 13.3. The fourth-order valence-corrected chi connectivity index (χ4v) is 3.94. The third kappa shape index (κ3) is 6.89. The second kappa shape index (κ2) is 12.1. The highest BCUT2D eigenvalue weighted by atomic mass is 16.5. The van der Waals surface area contributed by atoms with Crippen molar-refractivity contribution in [3.8, 4) is 17.1 Å². The van der Waals surface area contributed by atoms with Gasteiger partial charge in [0.1, 0.15) is 5.75 Å². The number of methoxy groups -OCH3 is 1. The van der Waals surface area contributed by atoms with E-state index in [0.29, 0.717) is 31.9 Å². The smallest absolute Gasteiger partial charge is 0.276 e. The summed E-state index contributed by atoms with van der Waals surface area (Å²) >= 11 is 0. The lowest BCUT2D eigenvalue weighted by Gasteiger charge is -2.24. The van der Waals surface area contributed by atoms with Crippen LogP contribution in [0, 0.1) is 0 Å². The van der Waals surface area contributed by atoms with Gasteiger partial charge in [0.2, 0.25) is 5.91 Å². The monoisotopic (exact) mass is 478 g/mol. The highest BCUT2D eigenvalue weighted by Crippen LogP contribution is 2.24. The van der Waals surface area contributed by atoms with Gasteiger partial charge in [-0.2, -0.15) is 0 Å². The van der Waals surface area contributed by atoms with Crippen LogP contribution < -0.4 is 10.1 Å². The summed E-state index contributed by atoms with van der Waals surface area (Å²) in [6.07, 6.45) is 4.37. The summed E-state index contributed by atoms with van der Waals surface area (Å²) in [7, 11) is 1.60. The molecule has 4 rings (SSSR count). The van der Waals surface area contributed by atoms with Crippen LogP contribution in [0.5, 0.6) is 5.75 Å². The van der Waals surface area contributed by atoms with Crippen molar-refractivity contribution < 1.29 is 23.6 Å². The van der Waals surface area contributed by atoms with E-state index in [1.807, 2.05) is 42.5 Å². The Labute approximate surface area is 204 Å². The number of benzene rings is 1. The van der Waals surface area contributed by atoms with E-state index in [-0.39, 0.29) is 36.6 Å². The molecule has 0 bridgehead atoms. The molecule has 184 valence electrons. The molecule has 35 heavy (non-hydrogen) atoms. The average Bonchev–Trinajstić information content (AvgIpc) is 3.59. The number of ether oxygens (including phenoxy) is 2. The highest BCUT2D eigenvalue weighted by molar-refractivity contribution is 5.93. The summed E-state index contributed by atoms with van der Waals surface area (Å²) in [4.78, 5) is 31.6. The number of pyridine rings is 1. The van der Waals surface area contributed by atoms with E-state index in [4.69, 9.17) is 14.0 Å². The molecule has 2 aromatic heterocycles. The number of amides is 2. The van der Waals surface area contributed by atoms with Gasteiger partial charge in [0.05, 0.1) is 13.2 Å². The van der Waals surface area contributed by atoms with Crippen molar-refractivity contribution in [2.45, 2.75) is 31.8 Å². The fourth-order valence-electron chi connectivity index (χ4n) is 3.94. The van der Waals surface area contributed by atoms with Crippen molar-refractivity contribution in [3.63, 3.8) is 0 Å². The van der Waals surface area contributed by atoms with E-state index in [1.54, 1.807) is 24.3 Å². The van der Waals surface area contributed by atoms with E-state index in [1.165, 1.54) is 0 Å². The minimum absolute atomic E-state index is 0.0425. The molecule has 1 aliphatic heterocycles. The van der Waals surface area contributed by atoms with Gasteiger partial charge in [-0.1, -0.05) is 11.2 Å². The predicted molar refractivity (Wildman–Crippen MR) is 129 cm³/mol. The minimum atomic E-state index is -0.287. The summed E-state index contributed by atoms with van der Waals surface area (Å²) in [5, 5.41) is 6.90. The van der Waals surface area contributed by atoms with Gasteiger partial charge in [0.15, 0.2) is 11.5 Å². The van der Waals surface area contributed by atoms with E-state index in [9.17, 15) is 9.59 Å². The Hall–Kier alpha value is -3.72. The molecular formula is C26H30N4O5. The van der Waals surface area contributed by atoms with E-state index in [2.05, 4.69) is 15.5 Å². The number of nitrogens with zero attached hydrogens (tertiary/aromatic N) is 3. The van der Waals surface area contributed by atoms with Crippen LogP contribution in [0.25, 0.3) is 11.3 Å².